The molecule has 0 atom stereocenters. The van der Waals surface area contributed by atoms with E-state index in [1.54, 1.807) is 11.8 Å². The van der Waals surface area contributed by atoms with Gasteiger partial charge in [-0.05, 0) is 17.7 Å². The molecular weight excluding hydrogens is 350 g/mol. The van der Waals surface area contributed by atoms with Gasteiger partial charge in [0.2, 0.25) is 5.13 Å². The van der Waals surface area contributed by atoms with Crippen LogP contribution >= 0.6 is 39.0 Å². The van der Waals surface area contributed by atoms with Crippen LogP contribution < -0.4 is 15.2 Å². The zero-order valence-electron chi connectivity index (χ0n) is 9.76. The lowest BCUT2D eigenvalue weighted by molar-refractivity contribution is 0.171. The minimum Gasteiger partial charge on any atom is -0.486 e. The van der Waals surface area contributed by atoms with Crippen molar-refractivity contribution < 1.29 is 9.47 Å². The second-order valence-corrected chi connectivity index (χ2v) is 6.87. The molecule has 1 aliphatic rings. The summed E-state index contributed by atoms with van der Waals surface area (Å²) in [5.41, 5.74) is 6.68. The first-order chi connectivity index (χ1) is 9.22. The Morgan fingerprint density at radius 3 is 2.68 bits per heavy atom. The molecule has 5 nitrogen and oxygen atoms in total. The van der Waals surface area contributed by atoms with E-state index in [1.807, 2.05) is 12.1 Å². The fourth-order valence-electron chi connectivity index (χ4n) is 1.63. The van der Waals surface area contributed by atoms with Gasteiger partial charge in [0.15, 0.2) is 15.8 Å². The number of nitrogens with two attached hydrogens (primary N) is 1. The van der Waals surface area contributed by atoms with Crippen LogP contribution in [0.3, 0.4) is 0 Å². The molecule has 2 heterocycles. The van der Waals surface area contributed by atoms with E-state index in [1.165, 1.54) is 11.3 Å². The molecule has 0 saturated heterocycles. The van der Waals surface area contributed by atoms with Crippen LogP contribution in [-0.4, -0.2) is 23.4 Å². The molecule has 2 aromatic rings. The maximum atomic E-state index is 5.57. The van der Waals surface area contributed by atoms with Crippen molar-refractivity contribution in [1.29, 1.82) is 0 Å². The van der Waals surface area contributed by atoms with E-state index >= 15 is 0 Å². The van der Waals surface area contributed by atoms with Gasteiger partial charge in [0, 0.05) is 10.2 Å². The number of nitrogen functional groups attached to an aromatic ring is 1. The summed E-state index contributed by atoms with van der Waals surface area (Å²) in [5, 5.41) is 8.26. The summed E-state index contributed by atoms with van der Waals surface area (Å²) in [5.74, 6) is 2.35. The maximum absolute atomic E-state index is 5.57. The molecule has 0 unspecified atom stereocenters. The van der Waals surface area contributed by atoms with E-state index in [4.69, 9.17) is 15.2 Å². The third-order valence-electron chi connectivity index (χ3n) is 2.48. The predicted molar refractivity (Wildman–Crippen MR) is 79.0 cm³/mol. The molecule has 1 aromatic heterocycles. The van der Waals surface area contributed by atoms with Crippen molar-refractivity contribution in [2.24, 2.45) is 0 Å². The minimum atomic E-state index is 0.490. The van der Waals surface area contributed by atoms with Crippen LogP contribution in [0, 0.1) is 0 Å². The van der Waals surface area contributed by atoms with Gasteiger partial charge in [-0.25, -0.2) is 0 Å². The predicted octanol–water partition coefficient (Wildman–Crippen LogP) is 2.95. The zero-order chi connectivity index (χ0) is 13.2. The molecule has 1 aliphatic heterocycles. The van der Waals surface area contributed by atoms with Crippen molar-refractivity contribution in [3.05, 3.63) is 22.2 Å². The van der Waals surface area contributed by atoms with Crippen molar-refractivity contribution in [1.82, 2.24) is 10.2 Å². The number of aromatic nitrogens is 2. The topological polar surface area (TPSA) is 70.3 Å². The molecular formula is C11H10BrN3O2S2. The number of halogens is 1. The number of nitrogens with zero attached hydrogens (tertiary/aromatic N) is 2. The normalized spacial score (nSPS) is 13.5. The zero-order valence-corrected chi connectivity index (χ0v) is 13.0. The van der Waals surface area contributed by atoms with Gasteiger partial charge < -0.3 is 15.2 Å². The Labute approximate surface area is 126 Å². The van der Waals surface area contributed by atoms with Crippen molar-refractivity contribution in [3.63, 3.8) is 0 Å². The smallest absolute Gasteiger partial charge is 0.203 e. The van der Waals surface area contributed by atoms with Crippen LogP contribution in [0.25, 0.3) is 0 Å². The first-order valence-electron chi connectivity index (χ1n) is 5.52. The molecule has 100 valence electrons. The van der Waals surface area contributed by atoms with E-state index in [-0.39, 0.29) is 0 Å². The highest BCUT2D eigenvalue weighted by Crippen LogP contribution is 2.38. The summed E-state index contributed by atoms with van der Waals surface area (Å²) in [7, 11) is 0. The van der Waals surface area contributed by atoms with Gasteiger partial charge in [0.1, 0.15) is 13.2 Å². The minimum absolute atomic E-state index is 0.490. The Morgan fingerprint density at radius 2 is 2.00 bits per heavy atom. The largest absolute Gasteiger partial charge is 0.486 e. The quantitative estimate of drug-likeness (QED) is 0.849. The molecule has 0 aliphatic carbocycles. The van der Waals surface area contributed by atoms with Crippen molar-refractivity contribution in [2.45, 2.75) is 10.1 Å². The fraction of sp³-hybridized carbons (Fsp3) is 0.273. The van der Waals surface area contributed by atoms with Crippen LogP contribution in [0.1, 0.15) is 5.56 Å². The van der Waals surface area contributed by atoms with Gasteiger partial charge in [0.25, 0.3) is 0 Å². The van der Waals surface area contributed by atoms with Crippen molar-refractivity contribution in [3.8, 4) is 11.5 Å². The Kier molecular flexibility index (Phi) is 3.81. The highest BCUT2D eigenvalue weighted by molar-refractivity contribution is 9.10. The Balaban J connectivity index is 1.77. The maximum Gasteiger partial charge on any atom is 0.203 e. The third kappa shape index (κ3) is 2.96. The molecule has 8 heteroatoms. The highest BCUT2D eigenvalue weighted by Gasteiger charge is 2.15. The molecule has 1 aromatic carbocycles. The number of hydrogen-bond acceptors (Lipinski definition) is 7. The summed E-state index contributed by atoms with van der Waals surface area (Å²) in [6.07, 6.45) is 0. The number of benzene rings is 1. The third-order valence-corrected chi connectivity index (χ3v) is 5.16. The summed E-state index contributed by atoms with van der Waals surface area (Å²) in [4.78, 5) is 0. The average molecular weight is 360 g/mol. The Morgan fingerprint density at radius 1 is 1.26 bits per heavy atom. The lowest BCUT2D eigenvalue weighted by Crippen LogP contribution is -2.15. The lowest BCUT2D eigenvalue weighted by Gasteiger charge is -2.19. The number of ether oxygens (including phenoxy) is 2. The molecule has 0 saturated carbocycles. The number of thioether (sulfide) groups is 1. The van der Waals surface area contributed by atoms with E-state index in [0.717, 1.165) is 31.6 Å². The SMILES string of the molecule is Nc1nnc(SCc2cc3c(cc2Br)OCCO3)s1. The first-order valence-corrected chi connectivity index (χ1v) is 8.11. The fourth-order valence-corrected chi connectivity index (χ4v) is 3.91. The number of anilines is 1. The summed E-state index contributed by atoms with van der Waals surface area (Å²) in [6.45, 7) is 1.19. The van der Waals surface area contributed by atoms with Gasteiger partial charge in [0.05, 0.1) is 0 Å². The van der Waals surface area contributed by atoms with Crippen LogP contribution in [0.4, 0.5) is 5.13 Å². The molecule has 0 amide bonds. The Hall–Kier alpha value is -0.990. The van der Waals surface area contributed by atoms with Crippen LogP contribution in [0.5, 0.6) is 11.5 Å². The van der Waals surface area contributed by atoms with Gasteiger partial charge in [-0.15, -0.1) is 10.2 Å². The van der Waals surface area contributed by atoms with Gasteiger partial charge >= 0.3 is 0 Å². The molecule has 0 fully saturated rings. The molecule has 2 N–H and O–H groups in total. The lowest BCUT2D eigenvalue weighted by atomic mass is 10.2. The highest BCUT2D eigenvalue weighted by atomic mass is 79.9. The van der Waals surface area contributed by atoms with Crippen molar-refractivity contribution >= 4 is 44.2 Å². The number of hydrogen-bond donors (Lipinski definition) is 1. The monoisotopic (exact) mass is 359 g/mol. The van der Waals surface area contributed by atoms with E-state index < -0.39 is 0 Å². The standard InChI is InChI=1S/C11H10BrN3O2S2/c12-7-4-9-8(16-1-2-17-9)3-6(7)5-18-11-15-14-10(13)19-11/h3-4H,1-2,5H2,(H2,13,14). The summed E-state index contributed by atoms with van der Waals surface area (Å²) in [6, 6.07) is 3.94. The number of rotatable bonds is 3. The molecule has 0 radical (unpaired) electrons. The van der Waals surface area contributed by atoms with Crippen molar-refractivity contribution in [2.75, 3.05) is 18.9 Å². The van der Waals surface area contributed by atoms with E-state index in [0.29, 0.717) is 18.3 Å². The second kappa shape index (κ2) is 5.56. The Bertz CT molecular complexity index is 606. The summed E-state index contributed by atoms with van der Waals surface area (Å²) < 4.78 is 13.0. The molecule has 0 bridgehead atoms. The molecule has 3 rings (SSSR count). The average Bonchev–Trinajstić information content (AvgIpc) is 2.82. The van der Waals surface area contributed by atoms with Gasteiger partial charge in [-0.1, -0.05) is 39.0 Å². The van der Waals surface area contributed by atoms with E-state index in [2.05, 4.69) is 26.1 Å². The first kappa shape index (κ1) is 13.0. The van der Waals surface area contributed by atoms with Gasteiger partial charge in [-0.3, -0.25) is 0 Å². The van der Waals surface area contributed by atoms with Gasteiger partial charge in [-0.2, -0.15) is 0 Å². The van der Waals surface area contributed by atoms with Crippen LogP contribution in [0.15, 0.2) is 20.9 Å². The summed E-state index contributed by atoms with van der Waals surface area (Å²) >= 11 is 6.53. The second-order valence-electron chi connectivity index (χ2n) is 3.78. The van der Waals surface area contributed by atoms with E-state index in [9.17, 15) is 0 Å². The van der Waals surface area contributed by atoms with Crippen LogP contribution in [0.2, 0.25) is 0 Å². The van der Waals surface area contributed by atoms with Crippen LogP contribution in [-0.2, 0) is 5.75 Å². The molecule has 0 spiro atoms. The molecule has 19 heavy (non-hydrogen) atoms. The number of fused-ring (bicyclic) bond motifs is 1.